The number of carbonyl (C=O) groups excluding carboxylic acids is 5. The molecular weight excluding hydrogens is 420 g/mol. The van der Waals surface area contributed by atoms with Crippen molar-refractivity contribution in [1.82, 2.24) is 16.0 Å². The number of amides is 5. The van der Waals surface area contributed by atoms with E-state index in [1.54, 1.807) is 0 Å². The predicted molar refractivity (Wildman–Crippen MR) is 102 cm³/mol. The summed E-state index contributed by atoms with van der Waals surface area (Å²) in [6.45, 7) is -0.783. The van der Waals surface area contributed by atoms with Gasteiger partial charge in [0, 0.05) is 12.8 Å². The van der Waals surface area contributed by atoms with Crippen molar-refractivity contribution in [2.24, 2.45) is 17.2 Å². The molecule has 0 bridgehead atoms. The molecule has 0 saturated carbocycles. The summed E-state index contributed by atoms with van der Waals surface area (Å²) in [6, 6.07) is -4.28. The lowest BCUT2D eigenvalue weighted by Crippen LogP contribution is -2.56. The number of nitrogens with two attached hydrogens (primary N) is 3. The van der Waals surface area contributed by atoms with Crippen LogP contribution in [0.1, 0.15) is 32.1 Å². The van der Waals surface area contributed by atoms with Gasteiger partial charge < -0.3 is 43.4 Å². The highest BCUT2D eigenvalue weighted by Crippen LogP contribution is 2.02. The van der Waals surface area contributed by atoms with E-state index in [2.05, 4.69) is 10.6 Å². The highest BCUT2D eigenvalue weighted by molar-refractivity contribution is 5.96. The molecule has 174 valence electrons. The van der Waals surface area contributed by atoms with E-state index in [-0.39, 0.29) is 12.8 Å². The van der Waals surface area contributed by atoms with Gasteiger partial charge in [-0.15, -0.1) is 0 Å². The number of nitrogens with one attached hydrogen (secondary N) is 3. The van der Waals surface area contributed by atoms with Crippen molar-refractivity contribution in [2.45, 2.75) is 50.2 Å². The number of aliphatic carboxylic acids is 2. The largest absolute Gasteiger partial charge is 0.481 e. The highest BCUT2D eigenvalue weighted by Gasteiger charge is 2.29. The minimum Gasteiger partial charge on any atom is -0.481 e. The first-order valence-corrected chi connectivity index (χ1v) is 8.97. The van der Waals surface area contributed by atoms with Crippen LogP contribution in [0.4, 0.5) is 0 Å². The van der Waals surface area contributed by atoms with Crippen LogP contribution in [0, 0.1) is 0 Å². The molecular formula is C16H26N6O9. The summed E-state index contributed by atoms with van der Waals surface area (Å²) in [6.07, 6.45) is -1.96. The third-order valence-electron chi connectivity index (χ3n) is 3.77. The normalized spacial score (nSPS) is 13.2. The quantitative estimate of drug-likeness (QED) is 0.119. The average Bonchev–Trinajstić information content (AvgIpc) is 2.65. The van der Waals surface area contributed by atoms with Crippen LogP contribution in [0.3, 0.4) is 0 Å². The van der Waals surface area contributed by atoms with Gasteiger partial charge in [-0.05, 0) is 12.8 Å². The molecule has 0 aromatic heterocycles. The summed E-state index contributed by atoms with van der Waals surface area (Å²) >= 11 is 0. The van der Waals surface area contributed by atoms with E-state index >= 15 is 0 Å². The Morgan fingerprint density at radius 1 is 0.710 bits per heavy atom. The van der Waals surface area contributed by atoms with Gasteiger partial charge >= 0.3 is 11.9 Å². The lowest BCUT2D eigenvalue weighted by molar-refractivity contribution is -0.140. The van der Waals surface area contributed by atoms with Crippen molar-refractivity contribution < 1.29 is 43.8 Å². The molecule has 11 N–H and O–H groups in total. The molecule has 0 aromatic rings. The van der Waals surface area contributed by atoms with Gasteiger partial charge in [0.15, 0.2) is 0 Å². The van der Waals surface area contributed by atoms with Crippen LogP contribution in [0.5, 0.6) is 0 Å². The Morgan fingerprint density at radius 3 is 1.77 bits per heavy atom. The molecule has 0 aliphatic carbocycles. The van der Waals surface area contributed by atoms with Gasteiger partial charge in [-0.3, -0.25) is 33.6 Å². The number of hydrogen-bond acceptors (Lipinski definition) is 8. The molecule has 3 unspecified atom stereocenters. The van der Waals surface area contributed by atoms with E-state index in [0.29, 0.717) is 0 Å². The second kappa shape index (κ2) is 13.5. The summed E-state index contributed by atoms with van der Waals surface area (Å²) < 4.78 is 0. The first-order valence-electron chi connectivity index (χ1n) is 8.97. The zero-order valence-corrected chi connectivity index (χ0v) is 16.5. The number of carboxylic acids is 2. The maximum absolute atomic E-state index is 12.5. The van der Waals surface area contributed by atoms with Gasteiger partial charge in [-0.1, -0.05) is 0 Å². The van der Waals surface area contributed by atoms with Gasteiger partial charge in [-0.25, -0.2) is 0 Å². The van der Waals surface area contributed by atoms with Gasteiger partial charge in [0.05, 0.1) is 12.5 Å². The van der Waals surface area contributed by atoms with Crippen molar-refractivity contribution in [2.75, 3.05) is 6.54 Å². The zero-order valence-electron chi connectivity index (χ0n) is 16.5. The molecule has 0 aliphatic rings. The van der Waals surface area contributed by atoms with Gasteiger partial charge in [0.2, 0.25) is 29.5 Å². The topological polar surface area (TPSA) is 274 Å². The fourth-order valence-corrected chi connectivity index (χ4v) is 2.21. The third-order valence-corrected chi connectivity index (χ3v) is 3.77. The lowest BCUT2D eigenvalue weighted by Gasteiger charge is -2.23. The van der Waals surface area contributed by atoms with Crippen LogP contribution in [-0.4, -0.2) is 76.4 Å². The molecule has 0 radical (unpaired) electrons. The van der Waals surface area contributed by atoms with Crippen LogP contribution in [0.2, 0.25) is 0 Å². The number of rotatable bonds is 15. The highest BCUT2D eigenvalue weighted by atomic mass is 16.4. The fraction of sp³-hybridized carbons (Fsp3) is 0.562. The average molecular weight is 446 g/mol. The van der Waals surface area contributed by atoms with Crippen molar-refractivity contribution in [1.29, 1.82) is 0 Å². The molecule has 15 nitrogen and oxygen atoms in total. The summed E-state index contributed by atoms with van der Waals surface area (Å²) in [4.78, 5) is 80.2. The first-order chi connectivity index (χ1) is 14.3. The summed E-state index contributed by atoms with van der Waals surface area (Å²) in [5.74, 6) is -7.30. The standard InChI is InChI=1S/C16H26N6O9/c17-7(1-3-10(18)23)14(29)22-9(5-11(19)24)16(31)21-8(2-4-12(25)26)15(30)20-6-13(27)28/h7-9H,1-6,17H2,(H2,18,23)(H2,19,24)(H,20,30)(H,21,31)(H,22,29)(H,25,26)(H,27,28). The number of carboxylic acid groups (broad SMARTS) is 2. The summed E-state index contributed by atoms with van der Waals surface area (Å²) in [7, 11) is 0. The molecule has 0 aliphatic heterocycles. The van der Waals surface area contributed by atoms with Crippen molar-refractivity contribution in [3.8, 4) is 0 Å². The molecule has 3 atom stereocenters. The van der Waals surface area contributed by atoms with Crippen molar-refractivity contribution in [3.05, 3.63) is 0 Å². The van der Waals surface area contributed by atoms with E-state index in [1.807, 2.05) is 5.32 Å². The maximum Gasteiger partial charge on any atom is 0.322 e. The molecule has 0 heterocycles. The molecule has 0 spiro atoms. The fourth-order valence-electron chi connectivity index (χ4n) is 2.21. The Labute approximate surface area is 176 Å². The Kier molecular flexibility index (Phi) is 11.8. The Morgan fingerprint density at radius 2 is 1.29 bits per heavy atom. The van der Waals surface area contributed by atoms with E-state index in [9.17, 15) is 33.6 Å². The van der Waals surface area contributed by atoms with Crippen LogP contribution in [-0.2, 0) is 33.6 Å². The number of hydrogen-bond donors (Lipinski definition) is 8. The van der Waals surface area contributed by atoms with Crippen molar-refractivity contribution >= 4 is 41.5 Å². The first kappa shape index (κ1) is 27.2. The van der Waals surface area contributed by atoms with Gasteiger partial charge in [0.1, 0.15) is 18.6 Å². The molecule has 0 saturated heterocycles. The SMILES string of the molecule is NC(=O)CCC(N)C(=O)NC(CC(N)=O)C(=O)NC(CCC(=O)O)C(=O)NCC(=O)O. The molecule has 5 amide bonds. The van der Waals surface area contributed by atoms with E-state index < -0.39 is 85.4 Å². The second-order valence-electron chi connectivity index (χ2n) is 6.45. The van der Waals surface area contributed by atoms with Gasteiger partial charge in [-0.2, -0.15) is 0 Å². The third kappa shape index (κ3) is 12.4. The molecule has 0 fully saturated rings. The van der Waals surface area contributed by atoms with Crippen LogP contribution in [0.25, 0.3) is 0 Å². The van der Waals surface area contributed by atoms with Crippen LogP contribution < -0.4 is 33.2 Å². The van der Waals surface area contributed by atoms with Gasteiger partial charge in [0.25, 0.3) is 0 Å². The minimum absolute atomic E-state index is 0.134. The number of primary amides is 2. The van der Waals surface area contributed by atoms with Crippen LogP contribution in [0.15, 0.2) is 0 Å². The maximum atomic E-state index is 12.5. The van der Waals surface area contributed by atoms with Crippen molar-refractivity contribution in [3.63, 3.8) is 0 Å². The minimum atomic E-state index is -1.57. The second-order valence-corrected chi connectivity index (χ2v) is 6.45. The van der Waals surface area contributed by atoms with E-state index in [1.165, 1.54) is 0 Å². The molecule has 0 aromatic carbocycles. The Bertz CT molecular complexity index is 726. The smallest absolute Gasteiger partial charge is 0.322 e. The van der Waals surface area contributed by atoms with Crippen LogP contribution >= 0.6 is 0 Å². The number of carbonyl (C=O) groups is 7. The molecule has 15 heteroatoms. The predicted octanol–water partition coefficient (Wildman–Crippen LogP) is -4.51. The molecule has 31 heavy (non-hydrogen) atoms. The molecule has 0 rings (SSSR count). The van der Waals surface area contributed by atoms with E-state index in [4.69, 9.17) is 27.4 Å². The monoisotopic (exact) mass is 446 g/mol. The lowest BCUT2D eigenvalue weighted by atomic mass is 10.1. The summed E-state index contributed by atoms with van der Waals surface area (Å²) in [5.41, 5.74) is 15.6. The summed E-state index contributed by atoms with van der Waals surface area (Å²) in [5, 5.41) is 23.7. The Balaban J connectivity index is 5.29. The Hall–Kier alpha value is -3.75. The van der Waals surface area contributed by atoms with E-state index in [0.717, 1.165) is 0 Å². The zero-order chi connectivity index (χ0) is 24.1.